The van der Waals surface area contributed by atoms with Gasteiger partial charge in [-0.3, -0.25) is 0 Å². The van der Waals surface area contributed by atoms with Crippen LogP contribution in [-0.4, -0.2) is 14.0 Å². The molecule has 0 bridgehead atoms. The van der Waals surface area contributed by atoms with Crippen molar-refractivity contribution in [2.24, 2.45) is 0 Å². The first-order valence-corrected chi connectivity index (χ1v) is 8.81. The Labute approximate surface area is 98.0 Å². The zero-order valence-electron chi connectivity index (χ0n) is 10.1. The van der Waals surface area contributed by atoms with Crippen molar-refractivity contribution < 1.29 is 9.53 Å². The van der Waals surface area contributed by atoms with E-state index in [2.05, 4.69) is 26.2 Å². The average Bonchev–Trinajstić information content (AvgIpc) is 2.25. The van der Waals surface area contributed by atoms with E-state index in [1.807, 2.05) is 30.3 Å². The van der Waals surface area contributed by atoms with Gasteiger partial charge in [-0.05, 0) is 5.56 Å². The monoisotopic (exact) mass is 234 g/mol. The molecule has 0 spiro atoms. The standard InChI is InChI=1S/C13H18O2Si/c1-11(16(2,3)4)13(14)15-10-12-8-6-5-7-9-12/h5-9H,1,10H2,2-4H3. The molecule has 1 rings (SSSR count). The number of benzene rings is 1. The van der Waals surface area contributed by atoms with E-state index in [1.165, 1.54) is 0 Å². The summed E-state index contributed by atoms with van der Waals surface area (Å²) in [5.41, 5.74) is 0.999. The fraction of sp³-hybridized carbons (Fsp3) is 0.308. The van der Waals surface area contributed by atoms with Crippen molar-refractivity contribution in [1.82, 2.24) is 0 Å². The van der Waals surface area contributed by atoms with Crippen LogP contribution in [0.4, 0.5) is 0 Å². The number of esters is 1. The maximum Gasteiger partial charge on any atom is 0.329 e. The summed E-state index contributed by atoms with van der Waals surface area (Å²) in [4.78, 5) is 11.7. The second-order valence-electron chi connectivity index (χ2n) is 4.79. The molecule has 0 aliphatic heterocycles. The summed E-state index contributed by atoms with van der Waals surface area (Å²) in [6.45, 7) is 10.4. The number of carbonyl (C=O) groups is 1. The summed E-state index contributed by atoms with van der Waals surface area (Å²) in [7, 11) is -1.63. The van der Waals surface area contributed by atoms with Crippen LogP contribution in [0.5, 0.6) is 0 Å². The van der Waals surface area contributed by atoms with Crippen LogP contribution in [0.2, 0.25) is 19.6 Å². The maximum absolute atomic E-state index is 11.7. The van der Waals surface area contributed by atoms with Gasteiger partial charge in [-0.15, -0.1) is 0 Å². The van der Waals surface area contributed by atoms with Gasteiger partial charge in [0, 0.05) is 5.20 Å². The third-order valence-electron chi connectivity index (χ3n) is 2.36. The van der Waals surface area contributed by atoms with Crippen molar-refractivity contribution >= 4 is 14.0 Å². The highest BCUT2D eigenvalue weighted by atomic mass is 28.3. The minimum atomic E-state index is -1.63. The van der Waals surface area contributed by atoms with Gasteiger partial charge in [-0.2, -0.15) is 0 Å². The molecule has 0 aromatic heterocycles. The van der Waals surface area contributed by atoms with Crippen molar-refractivity contribution in [3.05, 3.63) is 47.7 Å². The van der Waals surface area contributed by atoms with Crippen molar-refractivity contribution in [2.75, 3.05) is 0 Å². The Kier molecular flexibility index (Phi) is 4.07. The van der Waals surface area contributed by atoms with E-state index >= 15 is 0 Å². The predicted molar refractivity (Wildman–Crippen MR) is 68.7 cm³/mol. The molecule has 0 aliphatic rings. The highest BCUT2D eigenvalue weighted by Crippen LogP contribution is 2.14. The van der Waals surface area contributed by atoms with Crippen LogP contribution in [0.25, 0.3) is 0 Å². The lowest BCUT2D eigenvalue weighted by Gasteiger charge is -2.17. The SMILES string of the molecule is C=C(C(=O)OCc1ccccc1)[Si](C)(C)C. The smallest absolute Gasteiger partial charge is 0.329 e. The molecule has 0 aliphatic carbocycles. The Bertz CT molecular complexity index is 377. The first kappa shape index (κ1) is 12.7. The first-order chi connectivity index (χ1) is 7.41. The van der Waals surface area contributed by atoms with E-state index in [1.54, 1.807) is 0 Å². The van der Waals surface area contributed by atoms with Gasteiger partial charge in [-0.1, -0.05) is 56.6 Å². The largest absolute Gasteiger partial charge is 0.458 e. The van der Waals surface area contributed by atoms with Gasteiger partial charge in [0.25, 0.3) is 0 Å². The normalized spacial score (nSPS) is 10.9. The Balaban J connectivity index is 2.51. The lowest BCUT2D eigenvalue weighted by Crippen LogP contribution is -2.29. The molecule has 3 heteroatoms. The fourth-order valence-corrected chi connectivity index (χ4v) is 1.80. The lowest BCUT2D eigenvalue weighted by atomic mass is 10.2. The van der Waals surface area contributed by atoms with Crippen LogP contribution < -0.4 is 0 Å². The molecule has 1 aromatic carbocycles. The molecule has 2 nitrogen and oxygen atoms in total. The molecule has 0 unspecified atom stereocenters. The van der Waals surface area contributed by atoms with E-state index in [0.29, 0.717) is 11.8 Å². The molecule has 0 N–H and O–H groups in total. The zero-order valence-corrected chi connectivity index (χ0v) is 11.1. The molecule has 86 valence electrons. The molecule has 0 atom stereocenters. The van der Waals surface area contributed by atoms with Crippen LogP contribution in [0.3, 0.4) is 0 Å². The second kappa shape index (κ2) is 5.12. The summed E-state index contributed by atoms with van der Waals surface area (Å²) in [5.74, 6) is -0.261. The zero-order chi connectivity index (χ0) is 12.2. The Hall–Kier alpha value is -1.35. The van der Waals surface area contributed by atoms with Crippen LogP contribution in [0.1, 0.15) is 5.56 Å². The Morgan fingerprint density at radius 1 is 1.25 bits per heavy atom. The molecule has 0 saturated heterocycles. The van der Waals surface area contributed by atoms with E-state index in [-0.39, 0.29) is 5.97 Å². The van der Waals surface area contributed by atoms with Crippen LogP contribution >= 0.6 is 0 Å². The minimum Gasteiger partial charge on any atom is -0.458 e. The second-order valence-corrected chi connectivity index (χ2v) is 9.89. The van der Waals surface area contributed by atoms with E-state index < -0.39 is 8.07 Å². The van der Waals surface area contributed by atoms with Crippen molar-refractivity contribution in [3.8, 4) is 0 Å². The molecular weight excluding hydrogens is 216 g/mol. The average molecular weight is 234 g/mol. The predicted octanol–water partition coefficient (Wildman–Crippen LogP) is 3.16. The van der Waals surface area contributed by atoms with Gasteiger partial charge in [0.15, 0.2) is 0 Å². The van der Waals surface area contributed by atoms with Crippen molar-refractivity contribution in [2.45, 2.75) is 26.2 Å². The van der Waals surface area contributed by atoms with Crippen LogP contribution in [0, 0.1) is 0 Å². The Morgan fingerprint density at radius 2 is 1.81 bits per heavy atom. The molecule has 0 amide bonds. The number of carbonyl (C=O) groups excluding carboxylic acids is 1. The quantitative estimate of drug-likeness (QED) is 0.454. The third kappa shape index (κ3) is 3.66. The van der Waals surface area contributed by atoms with Crippen LogP contribution in [-0.2, 0) is 16.1 Å². The van der Waals surface area contributed by atoms with Crippen molar-refractivity contribution in [1.29, 1.82) is 0 Å². The van der Waals surface area contributed by atoms with Gasteiger partial charge < -0.3 is 4.74 Å². The molecule has 1 aromatic rings. The third-order valence-corrected chi connectivity index (χ3v) is 4.38. The van der Waals surface area contributed by atoms with E-state index in [0.717, 1.165) is 5.56 Å². The number of rotatable bonds is 4. The fourth-order valence-electron chi connectivity index (χ4n) is 1.12. The summed E-state index contributed by atoms with van der Waals surface area (Å²) >= 11 is 0. The number of hydrogen-bond acceptors (Lipinski definition) is 2. The van der Waals surface area contributed by atoms with Gasteiger partial charge in [-0.25, -0.2) is 4.79 Å². The number of ether oxygens (including phenoxy) is 1. The number of hydrogen-bond donors (Lipinski definition) is 0. The van der Waals surface area contributed by atoms with Gasteiger partial charge >= 0.3 is 5.97 Å². The first-order valence-electron chi connectivity index (χ1n) is 5.31. The minimum absolute atomic E-state index is 0.261. The molecular formula is C13H18O2Si. The van der Waals surface area contributed by atoms with Gasteiger partial charge in [0.1, 0.15) is 6.61 Å². The molecule has 0 fully saturated rings. The van der Waals surface area contributed by atoms with Crippen LogP contribution in [0.15, 0.2) is 42.1 Å². The molecule has 0 heterocycles. The molecule has 0 radical (unpaired) electrons. The maximum atomic E-state index is 11.7. The highest BCUT2D eigenvalue weighted by Gasteiger charge is 2.24. The molecule has 16 heavy (non-hydrogen) atoms. The highest BCUT2D eigenvalue weighted by molar-refractivity contribution is 6.86. The summed E-state index contributed by atoms with van der Waals surface area (Å²) in [6.07, 6.45) is 0. The summed E-state index contributed by atoms with van der Waals surface area (Å²) in [6, 6.07) is 9.66. The van der Waals surface area contributed by atoms with Gasteiger partial charge in [0.05, 0.1) is 8.07 Å². The van der Waals surface area contributed by atoms with E-state index in [9.17, 15) is 4.79 Å². The van der Waals surface area contributed by atoms with Gasteiger partial charge in [0.2, 0.25) is 0 Å². The topological polar surface area (TPSA) is 26.3 Å². The lowest BCUT2D eigenvalue weighted by molar-refractivity contribution is -0.139. The van der Waals surface area contributed by atoms with Crippen molar-refractivity contribution in [3.63, 3.8) is 0 Å². The summed E-state index contributed by atoms with van der Waals surface area (Å²) < 4.78 is 5.21. The van der Waals surface area contributed by atoms with E-state index in [4.69, 9.17) is 4.74 Å². The Morgan fingerprint density at radius 3 is 2.31 bits per heavy atom. The molecule has 0 saturated carbocycles. The summed E-state index contributed by atoms with van der Waals surface area (Å²) in [5, 5.41) is 0.642.